The number of carboxylic acid groups (broad SMARTS) is 1. The van der Waals surface area contributed by atoms with Crippen LogP contribution in [0.3, 0.4) is 0 Å². The number of carbonyl (C=O) groups is 2. The van der Waals surface area contributed by atoms with E-state index in [2.05, 4.69) is 4.98 Å². The highest BCUT2D eigenvalue weighted by Gasteiger charge is 2.29. The molecule has 1 aromatic rings. The van der Waals surface area contributed by atoms with Crippen LogP contribution < -0.4 is 4.90 Å². The summed E-state index contributed by atoms with van der Waals surface area (Å²) >= 11 is 0. The van der Waals surface area contributed by atoms with Gasteiger partial charge in [-0.2, -0.15) is 0 Å². The van der Waals surface area contributed by atoms with Gasteiger partial charge in [-0.3, -0.25) is 9.59 Å². The predicted octanol–water partition coefficient (Wildman–Crippen LogP) is 0.617. The Labute approximate surface area is 111 Å². The van der Waals surface area contributed by atoms with E-state index in [0.29, 0.717) is 31.1 Å². The lowest BCUT2D eigenvalue weighted by Crippen LogP contribution is -2.43. The van der Waals surface area contributed by atoms with E-state index in [1.165, 1.54) is 0 Å². The van der Waals surface area contributed by atoms with Gasteiger partial charge in [-0.25, -0.2) is 4.98 Å². The maximum absolute atomic E-state index is 12.1. The Hall–Kier alpha value is -2.05. The summed E-state index contributed by atoms with van der Waals surface area (Å²) in [5.74, 6) is -0.131. The molecule has 0 aromatic carbocycles. The molecule has 0 saturated heterocycles. The Bertz CT molecular complexity index is 497. The number of aromatic nitrogens is 2. The predicted molar refractivity (Wildman–Crippen MR) is 69.1 cm³/mol. The highest BCUT2D eigenvalue weighted by atomic mass is 16.4. The van der Waals surface area contributed by atoms with Gasteiger partial charge in [0.2, 0.25) is 0 Å². The molecular weight excluding hydrogens is 248 g/mol. The van der Waals surface area contributed by atoms with E-state index < -0.39 is 5.97 Å². The SMILES string of the molecule is CN1CN(C)c2ncn(CCCCC(=O)O)c2C1=O. The molecule has 1 N–H and O–H groups in total. The van der Waals surface area contributed by atoms with E-state index in [-0.39, 0.29) is 12.3 Å². The van der Waals surface area contributed by atoms with Gasteiger partial charge in [0.15, 0.2) is 11.5 Å². The number of carboxylic acids is 1. The molecule has 0 saturated carbocycles. The number of aryl methyl sites for hydroxylation is 1. The third-order valence-corrected chi connectivity index (χ3v) is 3.19. The van der Waals surface area contributed by atoms with Crippen molar-refractivity contribution in [2.75, 3.05) is 25.7 Å². The summed E-state index contributed by atoms with van der Waals surface area (Å²) in [6.07, 6.45) is 3.13. The van der Waals surface area contributed by atoms with Crippen molar-refractivity contribution < 1.29 is 14.7 Å². The number of nitrogens with zero attached hydrogens (tertiary/aromatic N) is 4. The summed E-state index contributed by atoms with van der Waals surface area (Å²) in [5.41, 5.74) is 0.589. The second-order valence-electron chi connectivity index (χ2n) is 4.80. The second-order valence-corrected chi connectivity index (χ2v) is 4.80. The Morgan fingerprint density at radius 3 is 2.79 bits per heavy atom. The first kappa shape index (κ1) is 13.4. The fourth-order valence-corrected chi connectivity index (χ4v) is 2.23. The average Bonchev–Trinajstić information content (AvgIpc) is 2.76. The number of unbranched alkanes of at least 4 members (excludes halogenated alkanes) is 1. The van der Waals surface area contributed by atoms with Crippen LogP contribution in [0.2, 0.25) is 0 Å². The van der Waals surface area contributed by atoms with Gasteiger partial charge < -0.3 is 19.5 Å². The molecule has 1 amide bonds. The number of fused-ring (bicyclic) bond motifs is 1. The molecule has 104 valence electrons. The lowest BCUT2D eigenvalue weighted by Gasteiger charge is -2.31. The first-order valence-corrected chi connectivity index (χ1v) is 6.24. The van der Waals surface area contributed by atoms with Crippen LogP contribution in [0, 0.1) is 0 Å². The van der Waals surface area contributed by atoms with E-state index in [1.54, 1.807) is 18.3 Å². The Kier molecular flexibility index (Phi) is 3.73. The molecule has 0 unspecified atom stereocenters. The van der Waals surface area contributed by atoms with Crippen LogP contribution in [-0.4, -0.2) is 52.2 Å². The Morgan fingerprint density at radius 1 is 1.37 bits per heavy atom. The Morgan fingerprint density at radius 2 is 2.11 bits per heavy atom. The van der Waals surface area contributed by atoms with E-state index >= 15 is 0 Å². The number of amides is 1. The fourth-order valence-electron chi connectivity index (χ4n) is 2.23. The number of hydrogen-bond acceptors (Lipinski definition) is 4. The van der Waals surface area contributed by atoms with Crippen LogP contribution >= 0.6 is 0 Å². The zero-order valence-corrected chi connectivity index (χ0v) is 11.2. The van der Waals surface area contributed by atoms with E-state index in [1.807, 2.05) is 16.5 Å². The highest BCUT2D eigenvalue weighted by Crippen LogP contribution is 2.24. The number of hydrogen-bond donors (Lipinski definition) is 1. The summed E-state index contributed by atoms with van der Waals surface area (Å²) < 4.78 is 1.81. The third-order valence-electron chi connectivity index (χ3n) is 3.19. The summed E-state index contributed by atoms with van der Waals surface area (Å²) in [5, 5.41) is 8.59. The highest BCUT2D eigenvalue weighted by molar-refractivity contribution is 5.98. The van der Waals surface area contributed by atoms with E-state index in [9.17, 15) is 9.59 Å². The van der Waals surface area contributed by atoms with Gasteiger partial charge in [0, 0.05) is 27.1 Å². The van der Waals surface area contributed by atoms with Crippen LogP contribution in [0.1, 0.15) is 29.8 Å². The molecule has 2 rings (SSSR count). The minimum atomic E-state index is -0.789. The zero-order chi connectivity index (χ0) is 14.0. The smallest absolute Gasteiger partial charge is 0.303 e. The van der Waals surface area contributed by atoms with Gasteiger partial charge >= 0.3 is 5.97 Å². The monoisotopic (exact) mass is 266 g/mol. The van der Waals surface area contributed by atoms with Crippen LogP contribution in [-0.2, 0) is 11.3 Å². The lowest BCUT2D eigenvalue weighted by molar-refractivity contribution is -0.137. The van der Waals surface area contributed by atoms with Crippen molar-refractivity contribution in [3.05, 3.63) is 12.0 Å². The average molecular weight is 266 g/mol. The lowest BCUT2D eigenvalue weighted by atomic mass is 10.2. The fraction of sp³-hybridized carbons (Fsp3) is 0.583. The van der Waals surface area contributed by atoms with Crippen LogP contribution in [0.4, 0.5) is 5.82 Å². The molecule has 7 nitrogen and oxygen atoms in total. The van der Waals surface area contributed by atoms with Gasteiger partial charge in [-0.1, -0.05) is 0 Å². The molecule has 7 heteroatoms. The van der Waals surface area contributed by atoms with E-state index in [0.717, 1.165) is 6.42 Å². The molecular formula is C12H18N4O3. The molecule has 1 aliphatic heterocycles. The molecule has 19 heavy (non-hydrogen) atoms. The number of aliphatic carboxylic acids is 1. The van der Waals surface area contributed by atoms with Gasteiger partial charge in [0.25, 0.3) is 5.91 Å². The van der Waals surface area contributed by atoms with Crippen molar-refractivity contribution in [1.82, 2.24) is 14.5 Å². The minimum Gasteiger partial charge on any atom is -0.481 e. The first-order chi connectivity index (χ1) is 9.00. The molecule has 1 aliphatic rings. The first-order valence-electron chi connectivity index (χ1n) is 6.24. The van der Waals surface area contributed by atoms with Crippen molar-refractivity contribution in [2.24, 2.45) is 0 Å². The molecule has 0 spiro atoms. The molecule has 2 heterocycles. The van der Waals surface area contributed by atoms with Crippen molar-refractivity contribution in [1.29, 1.82) is 0 Å². The maximum atomic E-state index is 12.1. The summed E-state index contributed by atoms with van der Waals surface area (Å²) in [7, 11) is 3.65. The maximum Gasteiger partial charge on any atom is 0.303 e. The molecule has 0 bridgehead atoms. The molecule has 0 atom stereocenters. The normalized spacial score (nSPS) is 14.7. The molecule has 0 fully saturated rings. The molecule has 1 aromatic heterocycles. The summed E-state index contributed by atoms with van der Waals surface area (Å²) in [6.45, 7) is 1.14. The van der Waals surface area contributed by atoms with Crippen molar-refractivity contribution in [3.63, 3.8) is 0 Å². The molecule has 0 radical (unpaired) electrons. The van der Waals surface area contributed by atoms with E-state index in [4.69, 9.17) is 5.11 Å². The molecule has 0 aliphatic carbocycles. The van der Waals surface area contributed by atoms with Gasteiger partial charge in [0.1, 0.15) is 0 Å². The standard InChI is InChI=1S/C12H18N4O3/c1-14-8-15(2)12(19)10-11(14)13-7-16(10)6-4-3-5-9(17)18/h7H,3-6,8H2,1-2H3,(H,17,18). The zero-order valence-electron chi connectivity index (χ0n) is 11.2. The topological polar surface area (TPSA) is 78.7 Å². The quantitative estimate of drug-likeness (QED) is 0.790. The minimum absolute atomic E-state index is 0.0381. The largest absolute Gasteiger partial charge is 0.481 e. The number of carbonyl (C=O) groups excluding carboxylic acids is 1. The van der Waals surface area contributed by atoms with Crippen molar-refractivity contribution in [3.8, 4) is 0 Å². The van der Waals surface area contributed by atoms with Gasteiger partial charge in [-0.05, 0) is 12.8 Å². The number of imidazole rings is 1. The van der Waals surface area contributed by atoms with Crippen molar-refractivity contribution >= 4 is 17.7 Å². The van der Waals surface area contributed by atoms with Crippen molar-refractivity contribution in [2.45, 2.75) is 25.8 Å². The second kappa shape index (κ2) is 5.29. The number of anilines is 1. The summed E-state index contributed by atoms with van der Waals surface area (Å²) in [6, 6.07) is 0. The van der Waals surface area contributed by atoms with Crippen LogP contribution in [0.25, 0.3) is 0 Å². The van der Waals surface area contributed by atoms with Crippen LogP contribution in [0.15, 0.2) is 6.33 Å². The third kappa shape index (κ3) is 2.69. The number of rotatable bonds is 5. The Balaban J connectivity index is 2.07. The van der Waals surface area contributed by atoms with Crippen LogP contribution in [0.5, 0.6) is 0 Å². The van der Waals surface area contributed by atoms with Gasteiger partial charge in [0.05, 0.1) is 13.0 Å². The summed E-state index contributed by atoms with van der Waals surface area (Å²) in [4.78, 5) is 30.4. The van der Waals surface area contributed by atoms with Gasteiger partial charge in [-0.15, -0.1) is 0 Å².